The number of ether oxygens (including phenoxy) is 1. The maximum absolute atomic E-state index is 10.8. The van der Waals surface area contributed by atoms with E-state index in [-0.39, 0.29) is 5.56 Å². The topological polar surface area (TPSA) is 58.6 Å². The Balaban J connectivity index is 2.12. The van der Waals surface area contributed by atoms with Gasteiger partial charge in [0, 0.05) is 17.6 Å². The lowest BCUT2D eigenvalue weighted by Gasteiger charge is -2.13. The van der Waals surface area contributed by atoms with Crippen molar-refractivity contribution in [2.75, 3.05) is 12.4 Å². The highest BCUT2D eigenvalue weighted by Crippen LogP contribution is 2.31. The molecule has 110 valence electrons. The molecule has 2 aromatic rings. The Morgan fingerprint density at radius 2 is 1.95 bits per heavy atom. The Kier molecular flexibility index (Phi) is 4.70. The summed E-state index contributed by atoms with van der Waals surface area (Å²) in [6, 6.07) is 10.4. The lowest BCUT2D eigenvalue weighted by Crippen LogP contribution is -2.03. The summed E-state index contributed by atoms with van der Waals surface area (Å²) in [5.41, 5.74) is 3.07. The van der Waals surface area contributed by atoms with Crippen molar-refractivity contribution in [3.8, 4) is 5.75 Å². The molecule has 4 nitrogen and oxygen atoms in total. The molecule has 0 fully saturated rings. The van der Waals surface area contributed by atoms with E-state index in [0.29, 0.717) is 17.3 Å². The van der Waals surface area contributed by atoms with Crippen LogP contribution in [0.2, 0.25) is 5.02 Å². The van der Waals surface area contributed by atoms with Crippen molar-refractivity contribution < 1.29 is 14.6 Å². The molecule has 0 aliphatic rings. The molecular weight excluding hydrogens is 290 g/mol. The van der Waals surface area contributed by atoms with Crippen LogP contribution >= 0.6 is 11.6 Å². The van der Waals surface area contributed by atoms with E-state index in [1.807, 2.05) is 13.0 Å². The van der Waals surface area contributed by atoms with Gasteiger partial charge in [0.25, 0.3) is 0 Å². The summed E-state index contributed by atoms with van der Waals surface area (Å²) in [7, 11) is 1.59. The third-order valence-electron chi connectivity index (χ3n) is 3.16. The molecule has 0 aliphatic heterocycles. The number of methoxy groups -OCH3 is 1. The van der Waals surface area contributed by atoms with Crippen molar-refractivity contribution in [2.24, 2.45) is 0 Å². The lowest BCUT2D eigenvalue weighted by molar-refractivity contribution is 0.0697. The van der Waals surface area contributed by atoms with Crippen LogP contribution in [0.3, 0.4) is 0 Å². The fraction of sp³-hybridized carbons (Fsp3) is 0.188. The van der Waals surface area contributed by atoms with Crippen molar-refractivity contribution in [1.29, 1.82) is 0 Å². The SMILES string of the molecule is COc1cc(Cl)c(C)cc1NCc1ccc(C(=O)O)cc1. The van der Waals surface area contributed by atoms with Crippen LogP contribution in [0.4, 0.5) is 5.69 Å². The van der Waals surface area contributed by atoms with Gasteiger partial charge in [0.15, 0.2) is 0 Å². The number of rotatable bonds is 5. The van der Waals surface area contributed by atoms with E-state index in [4.69, 9.17) is 21.4 Å². The van der Waals surface area contributed by atoms with Crippen LogP contribution in [0.15, 0.2) is 36.4 Å². The summed E-state index contributed by atoms with van der Waals surface area (Å²) in [5, 5.41) is 12.8. The van der Waals surface area contributed by atoms with Crippen LogP contribution in [0.25, 0.3) is 0 Å². The number of aromatic carboxylic acids is 1. The minimum absolute atomic E-state index is 0.277. The molecule has 0 spiro atoms. The van der Waals surface area contributed by atoms with E-state index in [1.54, 1.807) is 37.4 Å². The number of carboxylic acid groups (broad SMARTS) is 1. The minimum Gasteiger partial charge on any atom is -0.495 e. The summed E-state index contributed by atoms with van der Waals surface area (Å²) >= 11 is 6.07. The predicted octanol–water partition coefficient (Wildman–Crippen LogP) is 3.97. The third-order valence-corrected chi connectivity index (χ3v) is 3.57. The zero-order valence-corrected chi connectivity index (χ0v) is 12.6. The molecule has 5 heteroatoms. The second-order valence-corrected chi connectivity index (χ2v) is 5.06. The summed E-state index contributed by atoms with van der Waals surface area (Å²) in [6.07, 6.45) is 0. The first kappa shape index (κ1) is 15.2. The second kappa shape index (κ2) is 6.50. The molecule has 0 unspecified atom stereocenters. The Morgan fingerprint density at radius 3 is 2.52 bits per heavy atom. The van der Waals surface area contributed by atoms with Gasteiger partial charge in [-0.2, -0.15) is 0 Å². The quantitative estimate of drug-likeness (QED) is 0.877. The van der Waals surface area contributed by atoms with Crippen molar-refractivity contribution in [1.82, 2.24) is 0 Å². The molecule has 0 radical (unpaired) electrons. The number of benzene rings is 2. The van der Waals surface area contributed by atoms with Gasteiger partial charge in [-0.25, -0.2) is 4.79 Å². The van der Waals surface area contributed by atoms with Crippen LogP contribution < -0.4 is 10.1 Å². The second-order valence-electron chi connectivity index (χ2n) is 4.66. The van der Waals surface area contributed by atoms with E-state index >= 15 is 0 Å². The highest BCUT2D eigenvalue weighted by atomic mass is 35.5. The monoisotopic (exact) mass is 305 g/mol. The Bertz CT molecular complexity index is 653. The van der Waals surface area contributed by atoms with Crippen LogP contribution in [-0.2, 0) is 6.54 Å². The number of carbonyl (C=O) groups is 1. The Hall–Kier alpha value is -2.20. The van der Waals surface area contributed by atoms with Crippen LogP contribution in [0, 0.1) is 6.92 Å². The van der Waals surface area contributed by atoms with E-state index in [2.05, 4.69) is 5.32 Å². The number of carboxylic acids is 1. The molecule has 0 saturated carbocycles. The molecule has 0 aliphatic carbocycles. The van der Waals surface area contributed by atoms with Gasteiger partial charge >= 0.3 is 5.97 Å². The molecule has 2 rings (SSSR count). The number of hydrogen-bond donors (Lipinski definition) is 2. The molecule has 0 bridgehead atoms. The van der Waals surface area contributed by atoms with Gasteiger partial charge in [-0.15, -0.1) is 0 Å². The van der Waals surface area contributed by atoms with Crippen LogP contribution in [-0.4, -0.2) is 18.2 Å². The first-order chi connectivity index (χ1) is 10.0. The van der Waals surface area contributed by atoms with Crippen molar-refractivity contribution in [3.05, 3.63) is 58.1 Å². The normalized spacial score (nSPS) is 10.2. The van der Waals surface area contributed by atoms with Crippen molar-refractivity contribution in [2.45, 2.75) is 13.5 Å². The zero-order valence-electron chi connectivity index (χ0n) is 11.8. The van der Waals surface area contributed by atoms with Gasteiger partial charge in [0.1, 0.15) is 5.75 Å². The molecule has 2 aromatic carbocycles. The average Bonchev–Trinajstić information content (AvgIpc) is 2.48. The van der Waals surface area contributed by atoms with Gasteiger partial charge in [0.05, 0.1) is 18.4 Å². The molecule has 0 saturated heterocycles. The average molecular weight is 306 g/mol. The molecule has 2 N–H and O–H groups in total. The van der Waals surface area contributed by atoms with Crippen LogP contribution in [0.5, 0.6) is 5.75 Å². The zero-order chi connectivity index (χ0) is 15.4. The van der Waals surface area contributed by atoms with E-state index in [1.165, 1.54) is 0 Å². The summed E-state index contributed by atoms with van der Waals surface area (Å²) in [6.45, 7) is 2.49. The van der Waals surface area contributed by atoms with Gasteiger partial charge in [-0.3, -0.25) is 0 Å². The van der Waals surface area contributed by atoms with Crippen molar-refractivity contribution in [3.63, 3.8) is 0 Å². The summed E-state index contributed by atoms with van der Waals surface area (Å²) < 4.78 is 5.30. The number of halogens is 1. The molecule has 0 aromatic heterocycles. The number of aryl methyl sites for hydroxylation is 1. The predicted molar refractivity (Wildman–Crippen MR) is 83.5 cm³/mol. The van der Waals surface area contributed by atoms with Crippen LogP contribution in [0.1, 0.15) is 21.5 Å². The van der Waals surface area contributed by atoms with Gasteiger partial charge < -0.3 is 15.2 Å². The highest BCUT2D eigenvalue weighted by molar-refractivity contribution is 6.31. The smallest absolute Gasteiger partial charge is 0.335 e. The largest absolute Gasteiger partial charge is 0.495 e. The molecule has 0 amide bonds. The molecule has 0 atom stereocenters. The van der Waals surface area contributed by atoms with E-state index in [9.17, 15) is 4.79 Å². The van der Waals surface area contributed by atoms with E-state index < -0.39 is 5.97 Å². The molecule has 21 heavy (non-hydrogen) atoms. The van der Waals surface area contributed by atoms with Gasteiger partial charge in [-0.1, -0.05) is 23.7 Å². The Labute approximate surface area is 128 Å². The standard InChI is InChI=1S/C16H16ClNO3/c1-10-7-14(15(21-2)8-13(10)17)18-9-11-3-5-12(6-4-11)16(19)20/h3-8,18H,9H2,1-2H3,(H,19,20). The first-order valence-corrected chi connectivity index (χ1v) is 6.79. The Morgan fingerprint density at radius 1 is 1.29 bits per heavy atom. The first-order valence-electron chi connectivity index (χ1n) is 6.41. The number of hydrogen-bond acceptors (Lipinski definition) is 3. The minimum atomic E-state index is -0.926. The fourth-order valence-electron chi connectivity index (χ4n) is 1.93. The molecular formula is C16H16ClNO3. The summed E-state index contributed by atoms with van der Waals surface area (Å²) in [4.78, 5) is 10.8. The number of anilines is 1. The maximum Gasteiger partial charge on any atom is 0.335 e. The van der Waals surface area contributed by atoms with Gasteiger partial charge in [0.2, 0.25) is 0 Å². The maximum atomic E-state index is 10.8. The third kappa shape index (κ3) is 3.67. The fourth-order valence-corrected chi connectivity index (χ4v) is 2.09. The lowest BCUT2D eigenvalue weighted by atomic mass is 10.1. The van der Waals surface area contributed by atoms with E-state index in [0.717, 1.165) is 16.8 Å². The number of nitrogens with one attached hydrogen (secondary N) is 1. The highest BCUT2D eigenvalue weighted by Gasteiger charge is 2.07. The van der Waals surface area contributed by atoms with Gasteiger partial charge in [-0.05, 0) is 36.2 Å². The molecule has 0 heterocycles. The van der Waals surface area contributed by atoms with Crippen molar-refractivity contribution >= 4 is 23.3 Å². The summed E-state index contributed by atoms with van der Waals surface area (Å²) in [5.74, 6) is -0.253.